The van der Waals surface area contributed by atoms with Crippen LogP contribution in [0.15, 0.2) is 4.42 Å². The summed E-state index contributed by atoms with van der Waals surface area (Å²) in [4.78, 5) is 2.32. The maximum absolute atomic E-state index is 5.87. The van der Waals surface area contributed by atoms with Gasteiger partial charge in [-0.15, -0.1) is 10.2 Å². The first-order valence-electron chi connectivity index (χ1n) is 6.26. The van der Waals surface area contributed by atoms with E-state index in [2.05, 4.69) is 35.9 Å². The minimum Gasteiger partial charge on any atom is -0.423 e. The van der Waals surface area contributed by atoms with E-state index >= 15 is 0 Å². The van der Waals surface area contributed by atoms with Crippen LogP contribution in [0.25, 0.3) is 0 Å². The summed E-state index contributed by atoms with van der Waals surface area (Å²) in [5, 5.41) is 8.21. The van der Waals surface area contributed by atoms with Crippen molar-refractivity contribution in [3.63, 3.8) is 0 Å². The van der Waals surface area contributed by atoms with Crippen LogP contribution in [-0.2, 0) is 12.0 Å². The molecule has 0 atom stereocenters. The van der Waals surface area contributed by atoms with Crippen LogP contribution >= 0.6 is 0 Å². The quantitative estimate of drug-likeness (QED) is 0.841. The lowest BCUT2D eigenvalue weighted by atomic mass is 9.97. The van der Waals surface area contributed by atoms with Crippen molar-refractivity contribution in [2.45, 2.75) is 51.6 Å². The smallest absolute Gasteiger partial charge is 0.230 e. The molecule has 96 valence electrons. The minimum absolute atomic E-state index is 0.0739. The van der Waals surface area contributed by atoms with Crippen molar-refractivity contribution in [2.24, 2.45) is 5.73 Å². The standard InChI is InChI=1S/C12H22N4O/c1-12(2,3)11-15-14-10(17-11)8-16-6-4-9(13)5-7-16/h9H,4-8,13H2,1-3H3. The van der Waals surface area contributed by atoms with Gasteiger partial charge in [0, 0.05) is 24.5 Å². The lowest BCUT2D eigenvalue weighted by Gasteiger charge is -2.28. The highest BCUT2D eigenvalue weighted by molar-refractivity contribution is 4.96. The van der Waals surface area contributed by atoms with E-state index in [9.17, 15) is 0 Å². The average Bonchev–Trinajstić information content (AvgIpc) is 2.69. The predicted molar refractivity (Wildman–Crippen MR) is 65.5 cm³/mol. The number of aromatic nitrogens is 2. The Bertz CT molecular complexity index is 361. The lowest BCUT2D eigenvalue weighted by Crippen LogP contribution is -2.39. The number of piperidine rings is 1. The third-order valence-corrected chi connectivity index (χ3v) is 3.10. The molecule has 17 heavy (non-hydrogen) atoms. The molecule has 2 N–H and O–H groups in total. The number of likely N-dealkylation sites (tertiary alicyclic amines) is 1. The lowest BCUT2D eigenvalue weighted by molar-refractivity contribution is 0.185. The molecule has 5 nitrogen and oxygen atoms in total. The summed E-state index contributed by atoms with van der Waals surface area (Å²) in [5.41, 5.74) is 5.80. The first-order valence-corrected chi connectivity index (χ1v) is 6.26. The van der Waals surface area contributed by atoms with Crippen LogP contribution in [-0.4, -0.2) is 34.2 Å². The van der Waals surface area contributed by atoms with E-state index < -0.39 is 0 Å². The Morgan fingerprint density at radius 3 is 2.47 bits per heavy atom. The highest BCUT2D eigenvalue weighted by atomic mass is 16.4. The molecule has 1 aliphatic heterocycles. The van der Waals surface area contributed by atoms with Crippen molar-refractivity contribution in [1.29, 1.82) is 0 Å². The van der Waals surface area contributed by atoms with Gasteiger partial charge in [0.1, 0.15) is 0 Å². The van der Waals surface area contributed by atoms with E-state index in [-0.39, 0.29) is 5.41 Å². The molecule has 1 aromatic heterocycles. The van der Waals surface area contributed by atoms with Gasteiger partial charge in [0.2, 0.25) is 11.8 Å². The summed E-state index contributed by atoms with van der Waals surface area (Å²) in [6.45, 7) is 9.01. The van der Waals surface area contributed by atoms with Crippen molar-refractivity contribution in [3.8, 4) is 0 Å². The van der Waals surface area contributed by atoms with Gasteiger partial charge >= 0.3 is 0 Å². The molecule has 1 aliphatic rings. The summed E-state index contributed by atoms with van der Waals surface area (Å²) in [7, 11) is 0. The molecule has 0 amide bonds. The van der Waals surface area contributed by atoms with Crippen LogP contribution in [0.1, 0.15) is 45.4 Å². The molecule has 2 rings (SSSR count). The first kappa shape index (κ1) is 12.5. The summed E-state index contributed by atoms with van der Waals surface area (Å²) < 4.78 is 5.68. The molecule has 2 heterocycles. The molecule has 0 spiro atoms. The van der Waals surface area contributed by atoms with Gasteiger partial charge in [0.25, 0.3) is 0 Å². The maximum atomic E-state index is 5.87. The van der Waals surface area contributed by atoms with Crippen molar-refractivity contribution in [3.05, 3.63) is 11.8 Å². The Labute approximate surface area is 102 Å². The molecular formula is C12H22N4O. The molecule has 0 bridgehead atoms. The van der Waals surface area contributed by atoms with Gasteiger partial charge in [-0.25, -0.2) is 0 Å². The molecule has 1 aromatic rings. The van der Waals surface area contributed by atoms with Crippen molar-refractivity contribution in [2.75, 3.05) is 13.1 Å². The Morgan fingerprint density at radius 2 is 1.94 bits per heavy atom. The first-order chi connectivity index (χ1) is 7.95. The van der Waals surface area contributed by atoms with Gasteiger partial charge in [-0.3, -0.25) is 4.90 Å². The monoisotopic (exact) mass is 238 g/mol. The number of nitrogens with zero attached hydrogens (tertiary/aromatic N) is 3. The van der Waals surface area contributed by atoms with E-state index in [1.807, 2.05) is 0 Å². The minimum atomic E-state index is -0.0739. The highest BCUT2D eigenvalue weighted by Gasteiger charge is 2.23. The topological polar surface area (TPSA) is 68.2 Å². The molecule has 5 heteroatoms. The summed E-state index contributed by atoms with van der Waals surface area (Å²) in [6.07, 6.45) is 2.11. The second kappa shape index (κ2) is 4.74. The van der Waals surface area contributed by atoms with Gasteiger partial charge in [-0.05, 0) is 12.8 Å². The van der Waals surface area contributed by atoms with E-state index in [1.165, 1.54) is 0 Å². The molecule has 0 aliphatic carbocycles. The maximum Gasteiger partial charge on any atom is 0.230 e. The van der Waals surface area contributed by atoms with Gasteiger partial charge in [-0.2, -0.15) is 0 Å². The molecule has 1 fully saturated rings. The van der Waals surface area contributed by atoms with E-state index in [4.69, 9.17) is 10.2 Å². The van der Waals surface area contributed by atoms with Crippen LogP contribution in [0, 0.1) is 0 Å². The zero-order chi connectivity index (χ0) is 12.5. The second-order valence-corrected chi connectivity index (χ2v) is 5.86. The fourth-order valence-electron chi connectivity index (χ4n) is 1.92. The van der Waals surface area contributed by atoms with E-state index in [0.717, 1.165) is 32.5 Å². The van der Waals surface area contributed by atoms with Gasteiger partial charge in [-0.1, -0.05) is 20.8 Å². The Kier molecular flexibility index (Phi) is 3.49. The Morgan fingerprint density at radius 1 is 1.29 bits per heavy atom. The molecule has 0 radical (unpaired) electrons. The summed E-state index contributed by atoms with van der Waals surface area (Å²) in [5.74, 6) is 1.42. The predicted octanol–water partition coefficient (Wildman–Crippen LogP) is 1.29. The fraction of sp³-hybridized carbons (Fsp3) is 0.833. The number of nitrogens with two attached hydrogens (primary N) is 1. The molecule has 0 unspecified atom stereocenters. The van der Waals surface area contributed by atoms with Gasteiger partial charge in [0.15, 0.2) is 0 Å². The number of hydrogen-bond acceptors (Lipinski definition) is 5. The molecule has 0 aromatic carbocycles. The van der Waals surface area contributed by atoms with Crippen molar-refractivity contribution >= 4 is 0 Å². The van der Waals surface area contributed by atoms with Crippen molar-refractivity contribution < 1.29 is 4.42 Å². The van der Waals surface area contributed by atoms with Crippen molar-refractivity contribution in [1.82, 2.24) is 15.1 Å². The van der Waals surface area contributed by atoms with Crippen LogP contribution < -0.4 is 5.73 Å². The Balaban J connectivity index is 1.93. The third-order valence-electron chi connectivity index (χ3n) is 3.10. The summed E-state index contributed by atoms with van der Waals surface area (Å²) in [6, 6.07) is 0.360. The SMILES string of the molecule is CC(C)(C)c1nnc(CN2CCC(N)CC2)o1. The molecule has 0 saturated carbocycles. The van der Waals surface area contributed by atoms with Gasteiger partial charge in [0.05, 0.1) is 6.54 Å². The van der Waals surface area contributed by atoms with E-state index in [0.29, 0.717) is 17.8 Å². The number of hydrogen-bond donors (Lipinski definition) is 1. The Hall–Kier alpha value is -0.940. The third kappa shape index (κ3) is 3.26. The second-order valence-electron chi connectivity index (χ2n) is 5.86. The molecular weight excluding hydrogens is 216 g/mol. The fourth-order valence-corrected chi connectivity index (χ4v) is 1.92. The highest BCUT2D eigenvalue weighted by Crippen LogP contribution is 2.21. The zero-order valence-corrected chi connectivity index (χ0v) is 10.9. The van der Waals surface area contributed by atoms with Crippen LogP contribution in [0.2, 0.25) is 0 Å². The van der Waals surface area contributed by atoms with Gasteiger partial charge < -0.3 is 10.2 Å². The molecule has 1 saturated heterocycles. The van der Waals surface area contributed by atoms with Crippen LogP contribution in [0.3, 0.4) is 0 Å². The normalized spacial score (nSPS) is 19.8. The zero-order valence-electron chi connectivity index (χ0n) is 10.9. The van der Waals surface area contributed by atoms with Crippen LogP contribution in [0.4, 0.5) is 0 Å². The average molecular weight is 238 g/mol. The van der Waals surface area contributed by atoms with E-state index in [1.54, 1.807) is 0 Å². The summed E-state index contributed by atoms with van der Waals surface area (Å²) >= 11 is 0. The number of rotatable bonds is 2. The largest absolute Gasteiger partial charge is 0.423 e. The van der Waals surface area contributed by atoms with Crippen LogP contribution in [0.5, 0.6) is 0 Å².